The highest BCUT2D eigenvalue weighted by molar-refractivity contribution is 9.08. The van der Waals surface area contributed by atoms with Gasteiger partial charge in [0.1, 0.15) is 0 Å². The van der Waals surface area contributed by atoms with Crippen LogP contribution < -0.4 is 5.32 Å². The lowest BCUT2D eigenvalue weighted by molar-refractivity contribution is 0.102. The number of para-hydroxylation sites is 1. The van der Waals surface area contributed by atoms with Gasteiger partial charge in [-0.1, -0.05) is 34.1 Å². The summed E-state index contributed by atoms with van der Waals surface area (Å²) in [5, 5.41) is 3.61. The van der Waals surface area contributed by atoms with E-state index in [2.05, 4.69) is 31.2 Å². The van der Waals surface area contributed by atoms with Crippen molar-refractivity contribution in [1.82, 2.24) is 9.97 Å². The van der Waals surface area contributed by atoms with Crippen LogP contribution in [0.25, 0.3) is 11.0 Å². The second-order valence-corrected chi connectivity index (χ2v) is 5.07. The molecule has 0 saturated heterocycles. The van der Waals surface area contributed by atoms with Crippen molar-refractivity contribution in [1.29, 1.82) is 0 Å². The first-order chi connectivity index (χ1) is 10.3. The maximum Gasteiger partial charge on any atom is 0.255 e. The molecule has 0 atom stereocenters. The summed E-state index contributed by atoms with van der Waals surface area (Å²) < 4.78 is 0. The fraction of sp³-hybridized carbons (Fsp3) is 0.0625. The summed E-state index contributed by atoms with van der Waals surface area (Å²) in [6, 6.07) is 13.0. The van der Waals surface area contributed by atoms with E-state index in [1.165, 1.54) is 0 Å². The SMILES string of the molecule is O=C(Nc1ccccc1CBr)c1ccc2nccnc2c1. The van der Waals surface area contributed by atoms with E-state index in [4.69, 9.17) is 0 Å². The molecule has 1 heterocycles. The molecule has 0 radical (unpaired) electrons. The van der Waals surface area contributed by atoms with Gasteiger partial charge in [-0.15, -0.1) is 0 Å². The molecule has 0 aliphatic carbocycles. The Hall–Kier alpha value is -2.27. The van der Waals surface area contributed by atoms with Gasteiger partial charge >= 0.3 is 0 Å². The van der Waals surface area contributed by atoms with Gasteiger partial charge in [0.2, 0.25) is 0 Å². The molecule has 0 aliphatic rings. The van der Waals surface area contributed by atoms with E-state index in [-0.39, 0.29) is 5.91 Å². The van der Waals surface area contributed by atoms with Crippen LogP contribution >= 0.6 is 15.9 Å². The number of fused-ring (bicyclic) bond motifs is 1. The van der Waals surface area contributed by atoms with Crippen molar-refractivity contribution in [2.45, 2.75) is 5.33 Å². The van der Waals surface area contributed by atoms with Gasteiger partial charge in [0.25, 0.3) is 5.91 Å². The van der Waals surface area contributed by atoms with E-state index in [0.717, 1.165) is 16.8 Å². The summed E-state index contributed by atoms with van der Waals surface area (Å²) in [5.74, 6) is -0.157. The number of hydrogen-bond acceptors (Lipinski definition) is 3. The van der Waals surface area contributed by atoms with Gasteiger partial charge in [0.15, 0.2) is 0 Å². The van der Waals surface area contributed by atoms with Crippen LogP contribution in [0.4, 0.5) is 5.69 Å². The molecule has 2 aromatic carbocycles. The fourth-order valence-electron chi connectivity index (χ4n) is 2.06. The zero-order valence-electron chi connectivity index (χ0n) is 11.1. The van der Waals surface area contributed by atoms with Crippen molar-refractivity contribution in [3.05, 3.63) is 66.0 Å². The lowest BCUT2D eigenvalue weighted by atomic mass is 10.1. The van der Waals surface area contributed by atoms with Crippen LogP contribution in [0.3, 0.4) is 0 Å². The Labute approximate surface area is 130 Å². The summed E-state index contributed by atoms with van der Waals surface area (Å²) >= 11 is 3.42. The number of nitrogens with zero attached hydrogens (tertiary/aromatic N) is 2. The van der Waals surface area contributed by atoms with Crippen molar-refractivity contribution in [2.24, 2.45) is 0 Å². The summed E-state index contributed by atoms with van der Waals surface area (Å²) in [7, 11) is 0. The Kier molecular flexibility index (Phi) is 3.92. The molecule has 1 aromatic heterocycles. The van der Waals surface area contributed by atoms with Gasteiger partial charge in [-0.05, 0) is 29.8 Å². The number of benzene rings is 2. The third-order valence-corrected chi connectivity index (χ3v) is 3.75. The predicted octanol–water partition coefficient (Wildman–Crippen LogP) is 3.78. The van der Waals surface area contributed by atoms with E-state index < -0.39 is 0 Å². The Bertz CT molecular complexity index is 804. The first kappa shape index (κ1) is 13.7. The van der Waals surface area contributed by atoms with E-state index in [0.29, 0.717) is 16.4 Å². The third kappa shape index (κ3) is 2.92. The molecular formula is C16H12BrN3O. The van der Waals surface area contributed by atoms with Crippen LogP contribution in [0.5, 0.6) is 0 Å². The van der Waals surface area contributed by atoms with Gasteiger partial charge in [0, 0.05) is 29.0 Å². The average Bonchev–Trinajstić information content (AvgIpc) is 2.55. The lowest BCUT2D eigenvalue weighted by Crippen LogP contribution is -2.13. The van der Waals surface area contributed by atoms with E-state index in [1.807, 2.05) is 24.3 Å². The maximum atomic E-state index is 12.4. The molecule has 0 aliphatic heterocycles. The molecule has 3 aromatic rings. The minimum absolute atomic E-state index is 0.157. The summed E-state index contributed by atoms with van der Waals surface area (Å²) in [4.78, 5) is 20.8. The Balaban J connectivity index is 1.90. The first-order valence-electron chi connectivity index (χ1n) is 6.44. The number of carbonyl (C=O) groups excluding carboxylic acids is 1. The number of alkyl halides is 1. The molecule has 21 heavy (non-hydrogen) atoms. The van der Waals surface area contributed by atoms with Crippen molar-refractivity contribution in [3.8, 4) is 0 Å². The second kappa shape index (κ2) is 6.01. The summed E-state index contributed by atoms with van der Waals surface area (Å²) in [6.07, 6.45) is 3.25. The van der Waals surface area contributed by atoms with Crippen LogP contribution in [0.15, 0.2) is 54.9 Å². The van der Waals surface area contributed by atoms with Crippen LogP contribution in [-0.2, 0) is 5.33 Å². The number of nitrogens with one attached hydrogen (secondary N) is 1. The molecular weight excluding hydrogens is 330 g/mol. The number of hydrogen-bond donors (Lipinski definition) is 1. The number of amides is 1. The van der Waals surface area contributed by atoms with E-state index in [9.17, 15) is 4.79 Å². The zero-order valence-corrected chi connectivity index (χ0v) is 12.7. The van der Waals surface area contributed by atoms with E-state index >= 15 is 0 Å². The molecule has 5 heteroatoms. The van der Waals surface area contributed by atoms with Crippen LogP contribution in [0, 0.1) is 0 Å². The van der Waals surface area contributed by atoms with Crippen molar-refractivity contribution >= 4 is 38.6 Å². The monoisotopic (exact) mass is 341 g/mol. The highest BCUT2D eigenvalue weighted by atomic mass is 79.9. The molecule has 104 valence electrons. The molecule has 4 nitrogen and oxygen atoms in total. The summed E-state index contributed by atoms with van der Waals surface area (Å²) in [6.45, 7) is 0. The third-order valence-electron chi connectivity index (χ3n) is 3.14. The highest BCUT2D eigenvalue weighted by Gasteiger charge is 2.09. The zero-order chi connectivity index (χ0) is 14.7. The van der Waals surface area contributed by atoms with Crippen LogP contribution in [0.2, 0.25) is 0 Å². The minimum Gasteiger partial charge on any atom is -0.322 e. The van der Waals surface area contributed by atoms with E-state index in [1.54, 1.807) is 30.6 Å². The van der Waals surface area contributed by atoms with Crippen molar-refractivity contribution < 1.29 is 4.79 Å². The first-order valence-corrected chi connectivity index (χ1v) is 7.56. The highest BCUT2D eigenvalue weighted by Crippen LogP contribution is 2.19. The normalized spacial score (nSPS) is 10.5. The minimum atomic E-state index is -0.157. The smallest absolute Gasteiger partial charge is 0.255 e. The predicted molar refractivity (Wildman–Crippen MR) is 86.6 cm³/mol. The second-order valence-electron chi connectivity index (χ2n) is 4.50. The largest absolute Gasteiger partial charge is 0.322 e. The van der Waals surface area contributed by atoms with Crippen LogP contribution in [0.1, 0.15) is 15.9 Å². The topological polar surface area (TPSA) is 54.9 Å². The maximum absolute atomic E-state index is 12.4. The molecule has 3 rings (SSSR count). The number of carbonyl (C=O) groups is 1. The quantitative estimate of drug-likeness (QED) is 0.737. The van der Waals surface area contributed by atoms with Gasteiger partial charge in [-0.3, -0.25) is 14.8 Å². The van der Waals surface area contributed by atoms with Crippen molar-refractivity contribution in [3.63, 3.8) is 0 Å². The molecule has 0 spiro atoms. The fourth-order valence-corrected chi connectivity index (χ4v) is 2.55. The van der Waals surface area contributed by atoms with Gasteiger partial charge in [0.05, 0.1) is 11.0 Å². The molecule has 0 unspecified atom stereocenters. The Morgan fingerprint density at radius 3 is 2.62 bits per heavy atom. The van der Waals surface area contributed by atoms with Crippen molar-refractivity contribution in [2.75, 3.05) is 5.32 Å². The van der Waals surface area contributed by atoms with Gasteiger partial charge in [-0.25, -0.2) is 0 Å². The number of aromatic nitrogens is 2. The Morgan fingerprint density at radius 1 is 1.05 bits per heavy atom. The molecule has 1 N–H and O–H groups in total. The Morgan fingerprint density at radius 2 is 1.81 bits per heavy atom. The lowest BCUT2D eigenvalue weighted by Gasteiger charge is -2.09. The molecule has 0 bridgehead atoms. The molecule has 0 fully saturated rings. The van der Waals surface area contributed by atoms with Crippen LogP contribution in [-0.4, -0.2) is 15.9 Å². The number of halogens is 1. The van der Waals surface area contributed by atoms with Gasteiger partial charge < -0.3 is 5.32 Å². The number of anilines is 1. The molecule has 0 saturated carbocycles. The number of rotatable bonds is 3. The van der Waals surface area contributed by atoms with Gasteiger partial charge in [-0.2, -0.15) is 0 Å². The average molecular weight is 342 g/mol. The standard InChI is InChI=1S/C16H12BrN3O/c17-10-12-3-1-2-4-13(12)20-16(21)11-5-6-14-15(9-11)19-8-7-18-14/h1-9H,10H2,(H,20,21). The molecule has 1 amide bonds. The summed E-state index contributed by atoms with van der Waals surface area (Å²) in [5.41, 5.74) is 3.88.